The number of non-ortho nitro benzene ring substituents is 1. The Bertz CT molecular complexity index is 779. The molecule has 0 saturated heterocycles. The molecule has 2 rings (SSSR count). The van der Waals surface area contributed by atoms with Gasteiger partial charge in [0.1, 0.15) is 0 Å². The van der Waals surface area contributed by atoms with Crippen LogP contribution in [0.15, 0.2) is 36.4 Å². The molecule has 0 saturated carbocycles. The minimum atomic E-state index is -0.535. The molecule has 0 aliphatic rings. The van der Waals surface area contributed by atoms with Gasteiger partial charge in [-0.2, -0.15) is 0 Å². The molecule has 0 spiro atoms. The Morgan fingerprint density at radius 3 is 2.71 bits per heavy atom. The first-order valence-corrected chi connectivity index (χ1v) is 7.40. The molecule has 0 fully saturated rings. The molecule has 0 atom stereocenters. The van der Waals surface area contributed by atoms with Gasteiger partial charge in [-0.1, -0.05) is 17.7 Å². The lowest BCUT2D eigenvalue weighted by Crippen LogP contribution is -2.12. The van der Waals surface area contributed by atoms with Crippen LogP contribution in [0, 0.1) is 10.1 Å². The van der Waals surface area contributed by atoms with Gasteiger partial charge in [-0.3, -0.25) is 14.9 Å². The van der Waals surface area contributed by atoms with Gasteiger partial charge >= 0.3 is 0 Å². The molecule has 2 aromatic carbocycles. The Labute approximate surface area is 143 Å². The highest BCUT2D eigenvalue weighted by Crippen LogP contribution is 2.36. The lowest BCUT2D eigenvalue weighted by Gasteiger charge is -2.13. The number of methoxy groups -OCH3 is 1. The molecule has 24 heavy (non-hydrogen) atoms. The highest BCUT2D eigenvalue weighted by molar-refractivity contribution is 6.32. The van der Waals surface area contributed by atoms with Crippen molar-refractivity contribution in [1.29, 1.82) is 0 Å². The summed E-state index contributed by atoms with van der Waals surface area (Å²) in [4.78, 5) is 22.6. The molecule has 1 amide bonds. The van der Waals surface area contributed by atoms with Crippen LogP contribution in [0.3, 0.4) is 0 Å². The minimum Gasteiger partial charge on any atom is -0.493 e. The number of benzene rings is 2. The number of hydrogen-bond donors (Lipinski definition) is 1. The standard InChI is InChI=1S/C16H15ClN2O5/c1-3-24-15-13(17)7-10(8-14(15)23-2)16(20)18-11-5-4-6-12(9-11)19(21)22/h4-9H,3H2,1-2H3,(H,18,20). The smallest absolute Gasteiger partial charge is 0.271 e. The van der Waals surface area contributed by atoms with Crippen LogP contribution in [0.4, 0.5) is 11.4 Å². The van der Waals surface area contributed by atoms with Gasteiger partial charge in [0.2, 0.25) is 0 Å². The molecule has 0 unspecified atom stereocenters. The largest absolute Gasteiger partial charge is 0.493 e. The number of carbonyl (C=O) groups excluding carboxylic acids is 1. The van der Waals surface area contributed by atoms with Crippen molar-refractivity contribution in [3.8, 4) is 11.5 Å². The van der Waals surface area contributed by atoms with Gasteiger partial charge in [0, 0.05) is 23.4 Å². The van der Waals surface area contributed by atoms with Gasteiger partial charge in [0.25, 0.3) is 11.6 Å². The van der Waals surface area contributed by atoms with Crippen molar-refractivity contribution in [3.05, 3.63) is 57.1 Å². The Balaban J connectivity index is 2.28. The summed E-state index contributed by atoms with van der Waals surface area (Å²) in [5.74, 6) is 0.209. The maximum atomic E-state index is 12.3. The summed E-state index contributed by atoms with van der Waals surface area (Å²) in [5, 5.41) is 13.6. The van der Waals surface area contributed by atoms with E-state index in [0.717, 1.165) is 0 Å². The van der Waals surface area contributed by atoms with Crippen LogP contribution in [0.2, 0.25) is 5.02 Å². The Morgan fingerprint density at radius 1 is 1.33 bits per heavy atom. The number of halogens is 1. The van der Waals surface area contributed by atoms with E-state index in [1.165, 1.54) is 37.4 Å². The van der Waals surface area contributed by atoms with Gasteiger partial charge in [0.05, 0.1) is 23.7 Å². The summed E-state index contributed by atoms with van der Waals surface area (Å²) >= 11 is 6.13. The number of amides is 1. The van der Waals surface area contributed by atoms with E-state index in [1.54, 1.807) is 13.0 Å². The third-order valence-electron chi connectivity index (χ3n) is 3.10. The summed E-state index contributed by atoms with van der Waals surface area (Å²) in [6.07, 6.45) is 0. The molecule has 126 valence electrons. The van der Waals surface area contributed by atoms with Crippen molar-refractivity contribution in [3.63, 3.8) is 0 Å². The zero-order valence-corrected chi connectivity index (χ0v) is 13.8. The summed E-state index contributed by atoms with van der Waals surface area (Å²) in [6.45, 7) is 2.20. The quantitative estimate of drug-likeness (QED) is 0.630. The third kappa shape index (κ3) is 3.94. The Kier molecular flexibility index (Phi) is 5.59. The van der Waals surface area contributed by atoms with Gasteiger partial charge in [-0.25, -0.2) is 0 Å². The van der Waals surface area contributed by atoms with E-state index in [4.69, 9.17) is 21.1 Å². The van der Waals surface area contributed by atoms with E-state index >= 15 is 0 Å². The van der Waals surface area contributed by atoms with Crippen molar-refractivity contribution < 1.29 is 19.2 Å². The molecule has 0 bridgehead atoms. The average molecular weight is 351 g/mol. The van der Waals surface area contributed by atoms with Crippen molar-refractivity contribution in [2.75, 3.05) is 19.0 Å². The van der Waals surface area contributed by atoms with E-state index in [-0.39, 0.29) is 16.3 Å². The zero-order chi connectivity index (χ0) is 17.7. The molecule has 0 radical (unpaired) electrons. The summed E-state index contributed by atoms with van der Waals surface area (Å²) in [5.41, 5.74) is 0.431. The van der Waals surface area contributed by atoms with Crippen LogP contribution < -0.4 is 14.8 Å². The molecule has 0 heterocycles. The summed E-state index contributed by atoms with van der Waals surface area (Å²) in [7, 11) is 1.44. The van der Waals surface area contributed by atoms with E-state index < -0.39 is 10.8 Å². The molecule has 0 aliphatic carbocycles. The molecule has 2 aromatic rings. The normalized spacial score (nSPS) is 10.1. The van der Waals surface area contributed by atoms with Gasteiger partial charge in [-0.15, -0.1) is 0 Å². The van der Waals surface area contributed by atoms with Crippen LogP contribution in [-0.2, 0) is 0 Å². The van der Waals surface area contributed by atoms with Crippen molar-refractivity contribution >= 4 is 28.9 Å². The fraction of sp³-hybridized carbons (Fsp3) is 0.188. The second kappa shape index (κ2) is 7.65. The number of nitrogens with one attached hydrogen (secondary N) is 1. The number of nitro groups is 1. The third-order valence-corrected chi connectivity index (χ3v) is 3.38. The second-order valence-corrected chi connectivity index (χ2v) is 5.09. The number of nitro benzene ring substituents is 1. The monoisotopic (exact) mass is 350 g/mol. The first kappa shape index (κ1) is 17.6. The highest BCUT2D eigenvalue weighted by Gasteiger charge is 2.16. The van der Waals surface area contributed by atoms with Gasteiger partial charge in [-0.05, 0) is 25.1 Å². The molecular formula is C16H15ClN2O5. The number of carbonyl (C=O) groups is 1. The predicted octanol–water partition coefficient (Wildman–Crippen LogP) is 3.91. The first-order chi connectivity index (χ1) is 11.5. The molecule has 7 nitrogen and oxygen atoms in total. The zero-order valence-electron chi connectivity index (χ0n) is 13.0. The molecule has 0 aliphatic heterocycles. The molecule has 8 heteroatoms. The van der Waals surface area contributed by atoms with Crippen LogP contribution in [-0.4, -0.2) is 24.5 Å². The minimum absolute atomic E-state index is 0.116. The van der Waals surface area contributed by atoms with E-state index in [1.807, 2.05) is 0 Å². The van der Waals surface area contributed by atoms with Crippen LogP contribution in [0.25, 0.3) is 0 Å². The Hall–Kier alpha value is -2.80. The molecule has 0 aromatic heterocycles. The van der Waals surface area contributed by atoms with Crippen molar-refractivity contribution in [1.82, 2.24) is 0 Å². The number of ether oxygens (including phenoxy) is 2. The summed E-state index contributed by atoms with van der Waals surface area (Å²) in [6, 6.07) is 8.58. The maximum absolute atomic E-state index is 12.3. The average Bonchev–Trinajstić information content (AvgIpc) is 2.56. The SMILES string of the molecule is CCOc1c(Cl)cc(C(=O)Nc2cccc([N+](=O)[O-])c2)cc1OC. The molecular weight excluding hydrogens is 336 g/mol. The van der Waals surface area contributed by atoms with Crippen LogP contribution in [0.1, 0.15) is 17.3 Å². The van der Waals surface area contributed by atoms with Crippen molar-refractivity contribution in [2.45, 2.75) is 6.92 Å². The number of anilines is 1. The maximum Gasteiger partial charge on any atom is 0.271 e. The number of nitrogens with zero attached hydrogens (tertiary/aromatic N) is 1. The number of rotatable bonds is 6. The van der Waals surface area contributed by atoms with Gasteiger partial charge in [0.15, 0.2) is 11.5 Å². The second-order valence-electron chi connectivity index (χ2n) is 4.68. The Morgan fingerprint density at radius 2 is 2.08 bits per heavy atom. The fourth-order valence-corrected chi connectivity index (χ4v) is 2.30. The number of hydrogen-bond acceptors (Lipinski definition) is 5. The lowest BCUT2D eigenvalue weighted by atomic mass is 10.1. The van der Waals surface area contributed by atoms with Crippen molar-refractivity contribution in [2.24, 2.45) is 0 Å². The van der Waals surface area contributed by atoms with Crippen LogP contribution >= 0.6 is 11.6 Å². The topological polar surface area (TPSA) is 90.7 Å². The summed E-state index contributed by atoms with van der Waals surface area (Å²) < 4.78 is 10.6. The van der Waals surface area contributed by atoms with Gasteiger partial charge < -0.3 is 14.8 Å². The first-order valence-electron chi connectivity index (χ1n) is 7.02. The lowest BCUT2D eigenvalue weighted by molar-refractivity contribution is -0.384. The van der Waals surface area contributed by atoms with Crippen LogP contribution in [0.5, 0.6) is 11.5 Å². The predicted molar refractivity (Wildman–Crippen MR) is 90.2 cm³/mol. The van der Waals surface area contributed by atoms with E-state index in [0.29, 0.717) is 23.8 Å². The van der Waals surface area contributed by atoms with E-state index in [9.17, 15) is 14.9 Å². The molecule has 1 N–H and O–H groups in total. The fourth-order valence-electron chi connectivity index (χ4n) is 2.04. The highest BCUT2D eigenvalue weighted by atomic mass is 35.5. The van der Waals surface area contributed by atoms with E-state index in [2.05, 4.69) is 5.32 Å².